The summed E-state index contributed by atoms with van der Waals surface area (Å²) in [6, 6.07) is 13.3. The molecule has 0 radical (unpaired) electrons. The van der Waals surface area contributed by atoms with Crippen molar-refractivity contribution in [2.75, 3.05) is 17.7 Å². The van der Waals surface area contributed by atoms with E-state index in [9.17, 15) is 9.59 Å². The number of carbonyl (C=O) groups is 2. The number of rotatable bonds is 5. The lowest BCUT2D eigenvalue weighted by Gasteiger charge is -2.28. The average Bonchev–Trinajstić information content (AvgIpc) is 2.69. The lowest BCUT2D eigenvalue weighted by Crippen LogP contribution is -2.22. The summed E-state index contributed by atoms with van der Waals surface area (Å²) in [5.41, 5.74) is 3.64. The molecule has 1 aliphatic rings. The fourth-order valence-electron chi connectivity index (χ4n) is 3.79. The fraction of sp³-hybridized carbons (Fsp3) is 0.391. The van der Waals surface area contributed by atoms with Gasteiger partial charge < -0.3 is 20.1 Å². The van der Waals surface area contributed by atoms with E-state index in [0.717, 1.165) is 36.9 Å². The molecule has 0 aromatic heterocycles. The van der Waals surface area contributed by atoms with Crippen molar-refractivity contribution >= 4 is 23.4 Å². The molecule has 1 fully saturated rings. The van der Waals surface area contributed by atoms with E-state index in [-0.39, 0.29) is 18.1 Å². The highest BCUT2D eigenvalue weighted by Gasteiger charge is 2.24. The van der Waals surface area contributed by atoms with Gasteiger partial charge in [0.05, 0.1) is 12.8 Å². The Kier molecular flexibility index (Phi) is 6.75. The number of anilines is 2. The summed E-state index contributed by atoms with van der Waals surface area (Å²) in [7, 11) is 1.58. The minimum absolute atomic E-state index is 0.0481. The van der Waals surface area contributed by atoms with Crippen LogP contribution in [0.1, 0.15) is 49.7 Å². The van der Waals surface area contributed by atoms with Crippen molar-refractivity contribution in [1.29, 1.82) is 0 Å². The van der Waals surface area contributed by atoms with Crippen LogP contribution in [0.15, 0.2) is 42.5 Å². The zero-order valence-corrected chi connectivity index (χ0v) is 17.2. The zero-order valence-electron chi connectivity index (χ0n) is 17.2. The Morgan fingerprint density at radius 3 is 2.28 bits per heavy atom. The Hall–Kier alpha value is -3.02. The van der Waals surface area contributed by atoms with E-state index >= 15 is 0 Å². The lowest BCUT2D eigenvalue weighted by atomic mass is 9.82. The van der Waals surface area contributed by atoms with E-state index in [2.05, 4.69) is 22.8 Å². The van der Waals surface area contributed by atoms with E-state index in [1.54, 1.807) is 7.11 Å². The minimum Gasteiger partial charge on any atom is -0.495 e. The molecule has 0 bridgehead atoms. The van der Waals surface area contributed by atoms with Crippen molar-refractivity contribution in [3.8, 4) is 5.75 Å². The molecule has 2 aromatic carbocycles. The lowest BCUT2D eigenvalue weighted by molar-refractivity contribution is -0.147. The first-order valence-corrected chi connectivity index (χ1v) is 9.94. The monoisotopic (exact) mass is 396 g/mol. The van der Waals surface area contributed by atoms with Crippen molar-refractivity contribution in [3.05, 3.63) is 53.6 Å². The number of benzene rings is 2. The standard InChI is InChI=1S/C23H28N2O4/c1-15-4-13-22(28-3)21(14-15)25-23(27)24-19-9-5-17(6-10-19)18-7-11-20(12-8-18)29-16(2)26/h4-6,9-10,13-14,18,20H,7-8,11-12H2,1-3H3,(H2,24,25,27). The summed E-state index contributed by atoms with van der Waals surface area (Å²) in [6.07, 6.45) is 3.83. The summed E-state index contributed by atoms with van der Waals surface area (Å²) in [5, 5.41) is 5.69. The van der Waals surface area contributed by atoms with E-state index in [1.807, 2.05) is 37.3 Å². The second-order valence-electron chi connectivity index (χ2n) is 7.49. The highest BCUT2D eigenvalue weighted by molar-refractivity contribution is 6.00. The third-order valence-corrected chi connectivity index (χ3v) is 5.25. The van der Waals surface area contributed by atoms with Crippen LogP contribution in [0, 0.1) is 6.92 Å². The molecule has 3 rings (SSSR count). The van der Waals surface area contributed by atoms with Crippen molar-refractivity contribution < 1.29 is 19.1 Å². The summed E-state index contributed by atoms with van der Waals surface area (Å²) in [4.78, 5) is 23.4. The maximum atomic E-state index is 12.4. The summed E-state index contributed by atoms with van der Waals surface area (Å²) in [5.74, 6) is 0.872. The molecular weight excluding hydrogens is 368 g/mol. The number of aryl methyl sites for hydroxylation is 1. The van der Waals surface area contributed by atoms with Gasteiger partial charge in [0.2, 0.25) is 0 Å². The molecule has 0 spiro atoms. The second kappa shape index (κ2) is 9.45. The number of nitrogens with one attached hydrogen (secondary N) is 2. The number of urea groups is 1. The smallest absolute Gasteiger partial charge is 0.323 e. The molecule has 6 heteroatoms. The quantitative estimate of drug-likeness (QED) is 0.678. The van der Waals surface area contributed by atoms with Gasteiger partial charge in [-0.3, -0.25) is 4.79 Å². The highest BCUT2D eigenvalue weighted by Crippen LogP contribution is 2.34. The fourth-order valence-corrected chi connectivity index (χ4v) is 3.79. The third-order valence-electron chi connectivity index (χ3n) is 5.25. The van der Waals surface area contributed by atoms with Crippen LogP contribution in [0.25, 0.3) is 0 Å². The molecule has 1 saturated carbocycles. The van der Waals surface area contributed by atoms with Crippen LogP contribution in [-0.4, -0.2) is 25.2 Å². The molecule has 2 amide bonds. The van der Waals surface area contributed by atoms with Crippen molar-refractivity contribution in [2.45, 2.75) is 51.6 Å². The summed E-state index contributed by atoms with van der Waals surface area (Å²) in [6.45, 7) is 3.42. The van der Waals surface area contributed by atoms with Gasteiger partial charge in [0.15, 0.2) is 0 Å². The molecule has 0 unspecified atom stereocenters. The first-order chi connectivity index (χ1) is 13.9. The topological polar surface area (TPSA) is 76.7 Å². The molecular formula is C23H28N2O4. The normalized spacial score (nSPS) is 18.6. The van der Waals surface area contributed by atoms with Gasteiger partial charge in [0, 0.05) is 12.6 Å². The Labute approximate surface area is 171 Å². The SMILES string of the molecule is COc1ccc(C)cc1NC(=O)Nc1ccc(C2CCC(OC(C)=O)CC2)cc1. The second-order valence-corrected chi connectivity index (χ2v) is 7.49. The first kappa shape index (κ1) is 20.7. The van der Waals surface area contributed by atoms with Crippen LogP contribution in [0.2, 0.25) is 0 Å². The Morgan fingerprint density at radius 1 is 0.966 bits per heavy atom. The molecule has 29 heavy (non-hydrogen) atoms. The summed E-state index contributed by atoms with van der Waals surface area (Å²) >= 11 is 0. The number of hydrogen-bond acceptors (Lipinski definition) is 4. The molecule has 2 N–H and O–H groups in total. The van der Waals surface area contributed by atoms with Gasteiger partial charge in [-0.2, -0.15) is 0 Å². The van der Waals surface area contributed by atoms with Crippen molar-refractivity contribution in [2.24, 2.45) is 0 Å². The predicted octanol–water partition coefficient (Wildman–Crippen LogP) is 5.24. The van der Waals surface area contributed by atoms with Gasteiger partial charge in [0.1, 0.15) is 11.9 Å². The van der Waals surface area contributed by atoms with Crippen LogP contribution >= 0.6 is 0 Å². The number of amides is 2. The van der Waals surface area contributed by atoms with Gasteiger partial charge >= 0.3 is 12.0 Å². The largest absolute Gasteiger partial charge is 0.495 e. The minimum atomic E-state index is -0.316. The highest BCUT2D eigenvalue weighted by atomic mass is 16.5. The Morgan fingerprint density at radius 2 is 1.66 bits per heavy atom. The maximum absolute atomic E-state index is 12.4. The average molecular weight is 396 g/mol. The molecule has 0 heterocycles. The number of methoxy groups -OCH3 is 1. The molecule has 0 aliphatic heterocycles. The van der Waals surface area contributed by atoms with Crippen LogP contribution in [0.3, 0.4) is 0 Å². The number of carbonyl (C=O) groups excluding carboxylic acids is 2. The van der Waals surface area contributed by atoms with Crippen LogP contribution in [0.4, 0.5) is 16.2 Å². The van der Waals surface area contributed by atoms with E-state index in [4.69, 9.17) is 9.47 Å². The predicted molar refractivity (Wildman–Crippen MR) is 114 cm³/mol. The van der Waals surface area contributed by atoms with Gasteiger partial charge in [-0.1, -0.05) is 18.2 Å². The molecule has 0 atom stereocenters. The molecule has 2 aromatic rings. The van der Waals surface area contributed by atoms with E-state index < -0.39 is 0 Å². The van der Waals surface area contributed by atoms with Gasteiger partial charge in [-0.15, -0.1) is 0 Å². The van der Waals surface area contributed by atoms with Crippen LogP contribution in [-0.2, 0) is 9.53 Å². The van der Waals surface area contributed by atoms with E-state index in [0.29, 0.717) is 17.4 Å². The van der Waals surface area contributed by atoms with Gasteiger partial charge in [-0.25, -0.2) is 4.79 Å². The maximum Gasteiger partial charge on any atom is 0.323 e. The molecule has 1 aliphatic carbocycles. The third kappa shape index (κ3) is 5.73. The van der Waals surface area contributed by atoms with Crippen molar-refractivity contribution in [1.82, 2.24) is 0 Å². The van der Waals surface area contributed by atoms with Gasteiger partial charge in [0.25, 0.3) is 0 Å². The number of ether oxygens (including phenoxy) is 2. The van der Waals surface area contributed by atoms with Crippen LogP contribution < -0.4 is 15.4 Å². The van der Waals surface area contributed by atoms with Gasteiger partial charge in [-0.05, 0) is 73.9 Å². The molecule has 6 nitrogen and oxygen atoms in total. The van der Waals surface area contributed by atoms with E-state index in [1.165, 1.54) is 12.5 Å². The summed E-state index contributed by atoms with van der Waals surface area (Å²) < 4.78 is 10.6. The first-order valence-electron chi connectivity index (χ1n) is 9.94. The molecule has 154 valence electrons. The van der Waals surface area contributed by atoms with Crippen molar-refractivity contribution in [3.63, 3.8) is 0 Å². The number of hydrogen-bond donors (Lipinski definition) is 2. The Balaban J connectivity index is 1.55. The Bertz CT molecular complexity index is 856. The zero-order chi connectivity index (χ0) is 20.8. The number of esters is 1. The molecule has 0 saturated heterocycles. The van der Waals surface area contributed by atoms with Crippen LogP contribution in [0.5, 0.6) is 5.75 Å².